The van der Waals surface area contributed by atoms with Crippen LogP contribution in [0.25, 0.3) is 22.2 Å². The Hall–Kier alpha value is -4.23. The molecule has 2 atom stereocenters. The van der Waals surface area contributed by atoms with E-state index in [1.54, 1.807) is 12.1 Å². The van der Waals surface area contributed by atoms with Gasteiger partial charge in [0.15, 0.2) is 0 Å². The molecular formula is C40H47N3O4. The molecule has 1 saturated carbocycles. The van der Waals surface area contributed by atoms with Crippen LogP contribution in [-0.2, 0) is 9.53 Å². The maximum Gasteiger partial charge on any atom is 0.335 e. The van der Waals surface area contributed by atoms with Crippen molar-refractivity contribution in [2.75, 3.05) is 37.7 Å². The van der Waals surface area contributed by atoms with Crippen LogP contribution in [-0.4, -0.2) is 59.7 Å². The van der Waals surface area contributed by atoms with E-state index >= 15 is 0 Å². The van der Waals surface area contributed by atoms with E-state index in [2.05, 4.69) is 81.1 Å². The molecule has 0 spiro atoms. The molecule has 1 aliphatic carbocycles. The first kappa shape index (κ1) is 32.7. The lowest BCUT2D eigenvalue weighted by Gasteiger charge is -2.38. The highest BCUT2D eigenvalue weighted by Crippen LogP contribution is 2.42. The molecule has 246 valence electrons. The van der Waals surface area contributed by atoms with Gasteiger partial charge in [0.25, 0.3) is 0 Å². The van der Waals surface area contributed by atoms with Crippen molar-refractivity contribution in [1.82, 2.24) is 9.88 Å². The lowest BCUT2D eigenvalue weighted by atomic mass is 9.77. The van der Waals surface area contributed by atoms with Gasteiger partial charge in [0, 0.05) is 29.7 Å². The van der Waals surface area contributed by atoms with E-state index < -0.39 is 5.97 Å². The van der Waals surface area contributed by atoms with Crippen LogP contribution in [0, 0.1) is 19.8 Å². The Morgan fingerprint density at radius 1 is 0.915 bits per heavy atom. The van der Waals surface area contributed by atoms with Gasteiger partial charge in [-0.25, -0.2) is 9.78 Å². The number of anilines is 1. The Labute approximate surface area is 278 Å². The number of amides is 1. The summed E-state index contributed by atoms with van der Waals surface area (Å²) in [5.74, 6) is -0.168. The van der Waals surface area contributed by atoms with Crippen molar-refractivity contribution in [3.63, 3.8) is 0 Å². The summed E-state index contributed by atoms with van der Waals surface area (Å²) in [7, 11) is 0. The quantitative estimate of drug-likeness (QED) is 0.200. The van der Waals surface area contributed by atoms with E-state index in [4.69, 9.17) is 9.72 Å². The van der Waals surface area contributed by atoms with E-state index in [1.165, 1.54) is 43.2 Å². The number of fused-ring (bicyclic) bond motifs is 1. The zero-order valence-electron chi connectivity index (χ0n) is 28.2. The first-order valence-electron chi connectivity index (χ1n) is 17.2. The zero-order valence-corrected chi connectivity index (χ0v) is 28.2. The molecule has 1 aromatic heterocycles. The number of hydrogen-bond donors (Lipinski definition) is 1. The van der Waals surface area contributed by atoms with Crippen LogP contribution in [0.4, 0.5) is 5.69 Å². The van der Waals surface area contributed by atoms with E-state index in [0.29, 0.717) is 32.2 Å². The van der Waals surface area contributed by atoms with Crippen LogP contribution >= 0.6 is 0 Å². The molecule has 2 fully saturated rings. The number of ether oxygens (including phenoxy) is 1. The Kier molecular flexibility index (Phi) is 9.92. The standard InChI is InChI=1S/C40H47N3O4/c1-26-10-11-32(22-27(26)2)36-17-14-33-23-31(13-16-37(33)41-36)29(4)43(25-39(44)42-18-20-47-21-19-42)38-24-34(40(45)46)12-15-35(38)28(3)30-8-6-5-7-9-30/h10-17,22-24,28-30H,5-9,18-21,25H2,1-4H3,(H,45,46). The van der Waals surface area contributed by atoms with Crippen LogP contribution in [0.5, 0.6) is 0 Å². The minimum Gasteiger partial charge on any atom is -0.478 e. The second-order valence-electron chi connectivity index (χ2n) is 13.5. The highest BCUT2D eigenvalue weighted by Gasteiger charge is 2.30. The highest BCUT2D eigenvalue weighted by atomic mass is 16.5. The maximum atomic E-state index is 13.9. The fourth-order valence-electron chi connectivity index (χ4n) is 7.33. The molecule has 1 amide bonds. The van der Waals surface area contributed by atoms with E-state index in [-0.39, 0.29) is 30.0 Å². The average molecular weight is 634 g/mol. The van der Waals surface area contributed by atoms with E-state index in [9.17, 15) is 14.7 Å². The van der Waals surface area contributed by atoms with Gasteiger partial charge < -0.3 is 19.6 Å². The smallest absolute Gasteiger partial charge is 0.335 e. The summed E-state index contributed by atoms with van der Waals surface area (Å²) in [6, 6.07) is 22.3. The van der Waals surface area contributed by atoms with Crippen LogP contribution in [0.15, 0.2) is 66.7 Å². The number of pyridine rings is 1. The fourth-order valence-corrected chi connectivity index (χ4v) is 7.33. The number of aromatic nitrogens is 1. The molecule has 2 unspecified atom stereocenters. The van der Waals surface area contributed by atoms with Gasteiger partial charge in [-0.1, -0.05) is 56.5 Å². The predicted octanol–water partition coefficient (Wildman–Crippen LogP) is 8.33. The third-order valence-corrected chi connectivity index (χ3v) is 10.6. The van der Waals surface area contributed by atoms with Crippen LogP contribution in [0.2, 0.25) is 0 Å². The summed E-state index contributed by atoms with van der Waals surface area (Å²) in [5, 5.41) is 11.1. The molecule has 0 radical (unpaired) electrons. The van der Waals surface area contributed by atoms with Gasteiger partial charge in [-0.15, -0.1) is 0 Å². The molecule has 2 heterocycles. The molecule has 2 aliphatic rings. The molecule has 4 aromatic rings. The Bertz CT molecular complexity index is 1760. The minimum absolute atomic E-state index is 0.0256. The number of aromatic carboxylic acids is 1. The largest absolute Gasteiger partial charge is 0.478 e. The first-order chi connectivity index (χ1) is 22.7. The Balaban J connectivity index is 1.39. The van der Waals surface area contributed by atoms with Gasteiger partial charge in [-0.3, -0.25) is 4.79 Å². The van der Waals surface area contributed by atoms with E-state index in [0.717, 1.165) is 39.0 Å². The van der Waals surface area contributed by atoms with E-state index in [1.807, 2.05) is 11.0 Å². The maximum absolute atomic E-state index is 13.9. The van der Waals surface area contributed by atoms with Gasteiger partial charge >= 0.3 is 5.97 Å². The predicted molar refractivity (Wildman–Crippen MR) is 188 cm³/mol. The zero-order chi connectivity index (χ0) is 33.1. The molecule has 6 rings (SSSR count). The van der Waals surface area contributed by atoms with Crippen LogP contribution < -0.4 is 4.90 Å². The Morgan fingerprint density at radius 3 is 2.40 bits per heavy atom. The second kappa shape index (κ2) is 14.3. The van der Waals surface area contributed by atoms with Crippen LogP contribution in [0.3, 0.4) is 0 Å². The number of nitrogens with zero attached hydrogens (tertiary/aromatic N) is 3. The van der Waals surface area contributed by atoms with Crippen molar-refractivity contribution in [1.29, 1.82) is 0 Å². The number of morpholine rings is 1. The summed E-state index contributed by atoms with van der Waals surface area (Å²) >= 11 is 0. The molecule has 1 aliphatic heterocycles. The summed E-state index contributed by atoms with van der Waals surface area (Å²) in [6.07, 6.45) is 6.07. The third-order valence-electron chi connectivity index (χ3n) is 10.6. The molecule has 3 aromatic carbocycles. The second-order valence-corrected chi connectivity index (χ2v) is 13.5. The monoisotopic (exact) mass is 633 g/mol. The third kappa shape index (κ3) is 7.20. The molecule has 7 heteroatoms. The molecule has 0 bridgehead atoms. The van der Waals surface area contributed by atoms with Crippen molar-refractivity contribution < 1.29 is 19.4 Å². The van der Waals surface area contributed by atoms with Crippen molar-refractivity contribution >= 4 is 28.5 Å². The number of hydrogen-bond acceptors (Lipinski definition) is 5. The molecule has 1 saturated heterocycles. The van der Waals surface area contributed by atoms with Crippen molar-refractivity contribution in [3.8, 4) is 11.3 Å². The normalized spacial score (nSPS) is 17.0. The summed E-state index contributed by atoms with van der Waals surface area (Å²) in [4.78, 5) is 35.1. The van der Waals surface area contributed by atoms with Crippen molar-refractivity contribution in [3.05, 3.63) is 94.5 Å². The summed E-state index contributed by atoms with van der Waals surface area (Å²) in [5.41, 5.74) is 8.67. The SMILES string of the molecule is Cc1ccc(-c2ccc3cc(C(C)N(CC(=O)N4CCOCC4)c4cc(C(=O)O)ccc4C(C)C4CCCCC4)ccc3n2)cc1C. The average Bonchev–Trinajstić information content (AvgIpc) is 3.11. The number of carboxylic acids is 1. The number of carboxylic acid groups (broad SMARTS) is 1. The number of rotatable bonds is 9. The minimum atomic E-state index is -0.966. The van der Waals surface area contributed by atoms with Gasteiger partial charge in [0.05, 0.1) is 42.6 Å². The van der Waals surface area contributed by atoms with Gasteiger partial charge in [-0.05, 0) is 104 Å². The molecular weight excluding hydrogens is 586 g/mol. The number of aryl methyl sites for hydroxylation is 2. The lowest BCUT2D eigenvalue weighted by Crippen LogP contribution is -2.46. The first-order valence-corrected chi connectivity index (χ1v) is 17.2. The topological polar surface area (TPSA) is 83.0 Å². The van der Waals surface area contributed by atoms with Crippen molar-refractivity contribution in [2.24, 2.45) is 5.92 Å². The summed E-state index contributed by atoms with van der Waals surface area (Å²) < 4.78 is 5.53. The number of carbonyl (C=O) groups excluding carboxylic acids is 1. The molecule has 47 heavy (non-hydrogen) atoms. The Morgan fingerprint density at radius 2 is 1.68 bits per heavy atom. The van der Waals surface area contributed by atoms with Gasteiger partial charge in [-0.2, -0.15) is 0 Å². The fraction of sp³-hybridized carbons (Fsp3) is 0.425. The molecule has 1 N–H and O–H groups in total. The highest BCUT2D eigenvalue weighted by molar-refractivity contribution is 5.90. The number of benzene rings is 3. The lowest BCUT2D eigenvalue weighted by molar-refractivity contribution is -0.133. The van der Waals surface area contributed by atoms with Gasteiger partial charge in [0.2, 0.25) is 5.91 Å². The van der Waals surface area contributed by atoms with Gasteiger partial charge in [0.1, 0.15) is 0 Å². The van der Waals surface area contributed by atoms with Crippen molar-refractivity contribution in [2.45, 2.75) is 71.8 Å². The summed E-state index contributed by atoms with van der Waals surface area (Å²) in [6.45, 7) is 11.0. The number of carbonyl (C=O) groups is 2. The van der Waals surface area contributed by atoms with Crippen LogP contribution in [0.1, 0.15) is 90.5 Å². The molecule has 7 nitrogen and oxygen atoms in total.